The number of morpholine rings is 1. The topological polar surface area (TPSA) is 61.9 Å². The van der Waals surface area contributed by atoms with Gasteiger partial charge in [0.2, 0.25) is 11.8 Å². The summed E-state index contributed by atoms with van der Waals surface area (Å²) in [7, 11) is 0. The van der Waals surface area contributed by atoms with Crippen LogP contribution in [0.1, 0.15) is 11.7 Å². The Labute approximate surface area is 134 Å². The number of nitrogens with zero attached hydrogens (tertiary/aromatic N) is 2. The largest absolute Gasteiger partial charge is 0.370 e. The van der Waals surface area contributed by atoms with Crippen molar-refractivity contribution >= 4 is 11.8 Å². The molecule has 6 nitrogen and oxygen atoms in total. The first-order chi connectivity index (χ1) is 11.1. The van der Waals surface area contributed by atoms with Crippen LogP contribution in [0, 0.1) is 5.82 Å². The lowest BCUT2D eigenvalue weighted by atomic mass is 10.1. The normalized spacial score (nSPS) is 22.7. The zero-order valence-corrected chi connectivity index (χ0v) is 12.8. The van der Waals surface area contributed by atoms with Gasteiger partial charge in [-0.3, -0.25) is 14.5 Å². The van der Waals surface area contributed by atoms with E-state index < -0.39 is 0 Å². The third-order valence-electron chi connectivity index (χ3n) is 4.14. The van der Waals surface area contributed by atoms with Gasteiger partial charge in [-0.25, -0.2) is 4.39 Å². The maximum absolute atomic E-state index is 13.0. The van der Waals surface area contributed by atoms with Crippen LogP contribution in [0.15, 0.2) is 24.3 Å². The number of rotatable bonds is 3. The number of hydrogen-bond acceptors (Lipinski definition) is 4. The fourth-order valence-corrected chi connectivity index (χ4v) is 2.87. The Morgan fingerprint density at radius 1 is 1.30 bits per heavy atom. The van der Waals surface area contributed by atoms with E-state index in [9.17, 15) is 14.0 Å². The van der Waals surface area contributed by atoms with Gasteiger partial charge in [0.15, 0.2) is 0 Å². The van der Waals surface area contributed by atoms with Crippen molar-refractivity contribution in [3.05, 3.63) is 35.6 Å². The minimum Gasteiger partial charge on any atom is -0.370 e. The van der Waals surface area contributed by atoms with Crippen LogP contribution in [0.5, 0.6) is 0 Å². The summed E-state index contributed by atoms with van der Waals surface area (Å²) in [6.07, 6.45) is -0.238. The number of nitrogens with one attached hydrogen (secondary N) is 1. The molecular weight excluding hydrogens is 301 g/mol. The highest BCUT2D eigenvalue weighted by molar-refractivity contribution is 5.82. The van der Waals surface area contributed by atoms with Crippen molar-refractivity contribution in [2.24, 2.45) is 0 Å². The average Bonchev–Trinajstić information content (AvgIpc) is 2.56. The quantitative estimate of drug-likeness (QED) is 0.861. The van der Waals surface area contributed by atoms with Crippen molar-refractivity contribution in [2.45, 2.75) is 6.10 Å². The zero-order chi connectivity index (χ0) is 16.2. The summed E-state index contributed by atoms with van der Waals surface area (Å²) < 4.78 is 18.7. The molecule has 2 amide bonds. The third-order valence-corrected chi connectivity index (χ3v) is 4.14. The Hall–Kier alpha value is -1.99. The molecule has 23 heavy (non-hydrogen) atoms. The van der Waals surface area contributed by atoms with Crippen LogP contribution in [0.25, 0.3) is 0 Å². The lowest BCUT2D eigenvalue weighted by Crippen LogP contribution is -2.52. The second kappa shape index (κ2) is 7.06. The molecule has 7 heteroatoms. The Kier molecular flexibility index (Phi) is 4.88. The van der Waals surface area contributed by atoms with Gasteiger partial charge in [-0.05, 0) is 17.7 Å². The number of hydrogen-bond donors (Lipinski definition) is 1. The first-order valence-electron chi connectivity index (χ1n) is 7.76. The van der Waals surface area contributed by atoms with E-state index in [1.165, 1.54) is 12.1 Å². The molecule has 1 N–H and O–H groups in total. The van der Waals surface area contributed by atoms with Crippen LogP contribution >= 0.6 is 0 Å². The van der Waals surface area contributed by atoms with Crippen molar-refractivity contribution in [2.75, 3.05) is 45.9 Å². The van der Waals surface area contributed by atoms with Crippen LogP contribution in [-0.4, -0.2) is 67.5 Å². The fraction of sp³-hybridized carbons (Fsp3) is 0.500. The van der Waals surface area contributed by atoms with Crippen molar-refractivity contribution in [1.29, 1.82) is 0 Å². The van der Waals surface area contributed by atoms with Gasteiger partial charge in [0, 0.05) is 19.6 Å². The Morgan fingerprint density at radius 2 is 2.09 bits per heavy atom. The highest BCUT2D eigenvalue weighted by Crippen LogP contribution is 2.22. The van der Waals surface area contributed by atoms with Gasteiger partial charge in [0.05, 0.1) is 26.2 Å². The summed E-state index contributed by atoms with van der Waals surface area (Å²) in [5.41, 5.74) is 0.862. The molecule has 0 unspecified atom stereocenters. The van der Waals surface area contributed by atoms with E-state index >= 15 is 0 Å². The highest BCUT2D eigenvalue weighted by atomic mass is 19.1. The summed E-state index contributed by atoms with van der Waals surface area (Å²) in [4.78, 5) is 27.4. The summed E-state index contributed by atoms with van der Waals surface area (Å²) in [5.74, 6) is -0.341. The van der Waals surface area contributed by atoms with Crippen molar-refractivity contribution in [3.8, 4) is 0 Å². The summed E-state index contributed by atoms with van der Waals surface area (Å²) in [6, 6.07) is 6.16. The van der Waals surface area contributed by atoms with E-state index in [-0.39, 0.29) is 36.8 Å². The van der Waals surface area contributed by atoms with Crippen LogP contribution < -0.4 is 5.32 Å². The van der Waals surface area contributed by atoms with Gasteiger partial charge in [0.25, 0.3) is 0 Å². The fourth-order valence-electron chi connectivity index (χ4n) is 2.87. The van der Waals surface area contributed by atoms with Crippen molar-refractivity contribution in [1.82, 2.24) is 15.1 Å². The lowest BCUT2D eigenvalue weighted by Gasteiger charge is -2.35. The molecule has 1 aromatic carbocycles. The molecule has 2 aliphatic rings. The van der Waals surface area contributed by atoms with E-state index in [1.54, 1.807) is 17.0 Å². The molecule has 2 aliphatic heterocycles. The summed E-state index contributed by atoms with van der Waals surface area (Å²) in [5, 5.41) is 2.74. The minimum absolute atomic E-state index is 0.00453. The van der Waals surface area contributed by atoms with Crippen molar-refractivity contribution < 1.29 is 18.7 Å². The molecule has 2 saturated heterocycles. The Bertz CT molecular complexity index is 578. The number of carbonyl (C=O) groups excluding carboxylic acids is 2. The van der Waals surface area contributed by atoms with E-state index in [1.807, 2.05) is 4.90 Å². The molecule has 0 aromatic heterocycles. The number of piperazine rings is 1. The van der Waals surface area contributed by atoms with Gasteiger partial charge in [-0.2, -0.15) is 0 Å². The second-order valence-corrected chi connectivity index (χ2v) is 5.81. The van der Waals surface area contributed by atoms with Crippen LogP contribution in [0.3, 0.4) is 0 Å². The monoisotopic (exact) mass is 321 g/mol. The number of ether oxygens (including phenoxy) is 1. The summed E-state index contributed by atoms with van der Waals surface area (Å²) in [6.45, 7) is 3.20. The standard InChI is InChI=1S/C16H20FN3O3/c17-13-3-1-12(2-4-13)14-9-20(7-8-23-14)16(22)11-19-6-5-18-15(21)10-19/h1-4,14H,5-11H2,(H,18,21)/t14-/m0/s1. The molecule has 0 radical (unpaired) electrons. The molecule has 0 aliphatic carbocycles. The third kappa shape index (κ3) is 4.05. The molecule has 2 fully saturated rings. The molecule has 3 rings (SSSR count). The van der Waals surface area contributed by atoms with Crippen molar-refractivity contribution in [3.63, 3.8) is 0 Å². The van der Waals surface area contributed by atoms with Gasteiger partial charge < -0.3 is 15.0 Å². The average molecular weight is 321 g/mol. The molecule has 2 heterocycles. The van der Waals surface area contributed by atoms with E-state index in [0.29, 0.717) is 32.8 Å². The van der Waals surface area contributed by atoms with E-state index in [4.69, 9.17) is 4.74 Å². The number of amides is 2. The number of benzene rings is 1. The van der Waals surface area contributed by atoms with E-state index in [0.717, 1.165) is 5.56 Å². The molecule has 1 atom stereocenters. The molecule has 0 spiro atoms. The highest BCUT2D eigenvalue weighted by Gasteiger charge is 2.27. The molecule has 1 aromatic rings. The van der Waals surface area contributed by atoms with Gasteiger partial charge >= 0.3 is 0 Å². The maximum atomic E-state index is 13.0. The SMILES string of the molecule is O=C1CN(CC(=O)N2CCO[C@H](c3ccc(F)cc3)C2)CCN1. The van der Waals surface area contributed by atoms with Gasteiger partial charge in [-0.15, -0.1) is 0 Å². The number of carbonyl (C=O) groups is 2. The van der Waals surface area contributed by atoms with E-state index in [2.05, 4.69) is 5.32 Å². The molecule has 124 valence electrons. The maximum Gasteiger partial charge on any atom is 0.236 e. The minimum atomic E-state index is -0.291. The first kappa shape index (κ1) is 15.9. The van der Waals surface area contributed by atoms with Gasteiger partial charge in [0.1, 0.15) is 11.9 Å². The second-order valence-electron chi connectivity index (χ2n) is 5.81. The first-order valence-corrected chi connectivity index (χ1v) is 7.76. The number of halogens is 1. The van der Waals surface area contributed by atoms with Crippen LogP contribution in [0.2, 0.25) is 0 Å². The predicted molar refractivity (Wildman–Crippen MR) is 81.1 cm³/mol. The Balaban J connectivity index is 1.58. The predicted octanol–water partition coefficient (Wildman–Crippen LogP) is 0.157. The Morgan fingerprint density at radius 3 is 2.83 bits per heavy atom. The van der Waals surface area contributed by atoms with Crippen LogP contribution in [-0.2, 0) is 14.3 Å². The van der Waals surface area contributed by atoms with Crippen LogP contribution in [0.4, 0.5) is 4.39 Å². The van der Waals surface area contributed by atoms with Gasteiger partial charge in [-0.1, -0.05) is 12.1 Å². The zero-order valence-electron chi connectivity index (χ0n) is 12.8. The lowest BCUT2D eigenvalue weighted by molar-refractivity contribution is -0.141. The smallest absolute Gasteiger partial charge is 0.236 e. The molecular formula is C16H20FN3O3. The molecule has 0 saturated carbocycles. The summed E-state index contributed by atoms with van der Waals surface area (Å²) >= 11 is 0. The molecule has 0 bridgehead atoms.